The minimum absolute atomic E-state index is 0.000218. The molecule has 0 bridgehead atoms. The van der Waals surface area contributed by atoms with Gasteiger partial charge in [0.05, 0.1) is 0 Å². The summed E-state index contributed by atoms with van der Waals surface area (Å²) in [5.74, 6) is 0. The third-order valence-electron chi connectivity index (χ3n) is 14.2. The Balaban J connectivity index is 0.951. The second-order valence-electron chi connectivity index (χ2n) is 18.8. The second kappa shape index (κ2) is 18.9. The first kappa shape index (κ1) is 43.4. The molecule has 1 atom stereocenters. The molecule has 0 saturated heterocycles. The fraction of sp³-hybridized carbons (Fsp3) is 0.0746. The highest BCUT2D eigenvalue weighted by Gasteiger charge is 2.30. The molecule has 3 aliphatic rings. The minimum atomic E-state index is 0.000218. The maximum Gasteiger partial charge on any atom is 0.0468 e. The first-order valence-corrected chi connectivity index (χ1v) is 24.8. The number of anilines is 10. The van der Waals surface area contributed by atoms with Gasteiger partial charge in [0.1, 0.15) is 0 Å². The Kier molecular flexibility index (Phi) is 11.6. The molecule has 12 rings (SSSR count). The van der Waals surface area contributed by atoms with Crippen molar-refractivity contribution in [3.05, 3.63) is 290 Å². The summed E-state index contributed by atoms with van der Waals surface area (Å²) in [5.41, 5.74) is 14.6. The van der Waals surface area contributed by atoms with Crippen LogP contribution in [0.25, 0.3) is 21.5 Å². The van der Waals surface area contributed by atoms with Crippen LogP contribution in [0.3, 0.4) is 0 Å². The predicted octanol–water partition coefficient (Wildman–Crippen LogP) is 18.8. The predicted molar refractivity (Wildman–Crippen MR) is 302 cm³/mol. The van der Waals surface area contributed by atoms with E-state index in [1.54, 1.807) is 0 Å². The summed E-state index contributed by atoms with van der Waals surface area (Å²) in [6.07, 6.45) is 23.6. The summed E-state index contributed by atoms with van der Waals surface area (Å²) >= 11 is 0. The van der Waals surface area contributed by atoms with Gasteiger partial charge in [0.2, 0.25) is 0 Å². The van der Waals surface area contributed by atoms with Crippen molar-refractivity contribution < 1.29 is 0 Å². The molecule has 4 heteroatoms. The Hall–Kier alpha value is -8.86. The molecule has 0 N–H and O–H groups in total. The van der Waals surface area contributed by atoms with E-state index in [0.29, 0.717) is 0 Å². The first-order chi connectivity index (χ1) is 35.0. The van der Waals surface area contributed by atoms with E-state index in [2.05, 4.69) is 300 Å². The average Bonchev–Trinajstić information content (AvgIpc) is 3.43. The number of hydrogen-bond acceptors (Lipinski definition) is 4. The standard InChI is InChI=1S/C67H54N4/c1-67-45-16-15-21-54(67)49-66(44-46-67)71(57-26-9-4-10-27-57)63-42-36-60(37-43-63)68(58-32-38-61(39-33-58)69(55-22-5-2-6-23-55)64-30-28-50-17-11-13-19-52(50)47-64)59-34-40-62(41-35-59)70(56-24-7-3-8-25-56)65-31-29-51-18-12-14-20-53(51)48-65/h2,4-7,9-45,47-49H,3,8,46H2,1H3. The highest BCUT2D eigenvalue weighted by Crippen LogP contribution is 2.45. The SMILES string of the molecule is CC12C=CC=CC1=CC(N(c1ccccc1)c1ccc(N(c3ccc(N(C4=CCCC=C4)c4ccc5ccccc5c4)cc3)c3ccc(N(c4ccccc4)c4ccc5ccccc5c4)cc3)cc1)=CC2. The topological polar surface area (TPSA) is 13.0 Å². The van der Waals surface area contributed by atoms with Crippen LogP contribution in [0.4, 0.5) is 56.9 Å². The van der Waals surface area contributed by atoms with Gasteiger partial charge in [-0.3, -0.25) is 0 Å². The first-order valence-electron chi connectivity index (χ1n) is 24.8. The Morgan fingerprint density at radius 2 is 0.746 bits per heavy atom. The highest BCUT2D eigenvalue weighted by molar-refractivity contribution is 5.91. The lowest BCUT2D eigenvalue weighted by molar-refractivity contribution is 0.523. The summed E-state index contributed by atoms with van der Waals surface area (Å²) in [6, 6.07) is 79.2. The molecule has 342 valence electrons. The van der Waals surface area contributed by atoms with Crippen molar-refractivity contribution in [2.75, 3.05) is 19.6 Å². The molecule has 0 saturated carbocycles. The van der Waals surface area contributed by atoms with Gasteiger partial charge in [-0.1, -0.05) is 147 Å². The lowest BCUT2D eigenvalue weighted by atomic mass is 9.73. The third kappa shape index (κ3) is 8.66. The van der Waals surface area contributed by atoms with Crippen molar-refractivity contribution in [3.8, 4) is 0 Å². The largest absolute Gasteiger partial charge is 0.311 e. The Morgan fingerprint density at radius 1 is 0.338 bits per heavy atom. The molecular weight excluding hydrogens is 861 g/mol. The molecule has 9 aromatic carbocycles. The maximum atomic E-state index is 2.39. The van der Waals surface area contributed by atoms with E-state index >= 15 is 0 Å². The Bertz CT molecular complexity index is 3560. The molecule has 71 heavy (non-hydrogen) atoms. The van der Waals surface area contributed by atoms with Gasteiger partial charge in [-0.05, 0) is 180 Å². The monoisotopic (exact) mass is 914 g/mol. The second-order valence-corrected chi connectivity index (χ2v) is 18.8. The molecule has 0 fully saturated rings. The number of rotatable bonds is 12. The number of para-hydroxylation sites is 2. The molecule has 0 radical (unpaired) electrons. The van der Waals surface area contributed by atoms with Crippen molar-refractivity contribution in [1.29, 1.82) is 0 Å². The zero-order chi connectivity index (χ0) is 47.6. The van der Waals surface area contributed by atoms with Crippen molar-refractivity contribution in [2.24, 2.45) is 5.41 Å². The summed E-state index contributed by atoms with van der Waals surface area (Å²) < 4.78 is 0. The normalized spacial score (nSPS) is 15.9. The number of benzene rings is 9. The zero-order valence-corrected chi connectivity index (χ0v) is 39.9. The van der Waals surface area contributed by atoms with E-state index in [1.165, 1.54) is 38.5 Å². The molecule has 0 heterocycles. The maximum absolute atomic E-state index is 2.39. The quantitative estimate of drug-likeness (QED) is 0.121. The van der Waals surface area contributed by atoms with Crippen LogP contribution in [-0.4, -0.2) is 0 Å². The average molecular weight is 915 g/mol. The van der Waals surface area contributed by atoms with Crippen molar-refractivity contribution in [2.45, 2.75) is 26.2 Å². The summed E-state index contributed by atoms with van der Waals surface area (Å²) in [7, 11) is 0. The molecule has 0 aliphatic heterocycles. The Morgan fingerprint density at radius 3 is 1.25 bits per heavy atom. The van der Waals surface area contributed by atoms with Crippen LogP contribution in [0, 0.1) is 5.41 Å². The number of allylic oxidation sites excluding steroid dienone is 10. The number of hydrogen-bond donors (Lipinski definition) is 0. The molecule has 1 unspecified atom stereocenters. The minimum Gasteiger partial charge on any atom is -0.311 e. The molecule has 4 nitrogen and oxygen atoms in total. The fourth-order valence-electron chi connectivity index (χ4n) is 10.4. The van der Waals surface area contributed by atoms with Crippen LogP contribution < -0.4 is 19.6 Å². The third-order valence-corrected chi connectivity index (χ3v) is 14.2. The molecular formula is C67H54N4. The van der Waals surface area contributed by atoms with E-state index < -0.39 is 0 Å². The number of nitrogens with zero attached hydrogens (tertiary/aromatic N) is 4. The highest BCUT2D eigenvalue weighted by atomic mass is 15.2. The molecule has 0 aromatic heterocycles. The van der Waals surface area contributed by atoms with Gasteiger partial charge in [0, 0.05) is 73.7 Å². The summed E-state index contributed by atoms with van der Waals surface area (Å²) in [4.78, 5) is 9.49. The van der Waals surface area contributed by atoms with Crippen LogP contribution in [0.15, 0.2) is 290 Å². The van der Waals surface area contributed by atoms with E-state index in [1.807, 2.05) is 0 Å². The van der Waals surface area contributed by atoms with Gasteiger partial charge in [-0.25, -0.2) is 0 Å². The molecule has 3 aliphatic carbocycles. The van der Waals surface area contributed by atoms with Crippen LogP contribution >= 0.6 is 0 Å². The van der Waals surface area contributed by atoms with Crippen LogP contribution in [-0.2, 0) is 0 Å². The van der Waals surface area contributed by atoms with Crippen molar-refractivity contribution >= 4 is 78.4 Å². The summed E-state index contributed by atoms with van der Waals surface area (Å²) in [6.45, 7) is 2.33. The van der Waals surface area contributed by atoms with Crippen LogP contribution in [0.1, 0.15) is 26.2 Å². The van der Waals surface area contributed by atoms with E-state index in [0.717, 1.165) is 76.1 Å². The van der Waals surface area contributed by atoms with Gasteiger partial charge in [-0.15, -0.1) is 0 Å². The molecule has 0 amide bonds. The van der Waals surface area contributed by atoms with Crippen LogP contribution in [0.2, 0.25) is 0 Å². The molecule has 9 aromatic rings. The van der Waals surface area contributed by atoms with E-state index in [-0.39, 0.29) is 5.41 Å². The van der Waals surface area contributed by atoms with E-state index in [4.69, 9.17) is 0 Å². The number of fused-ring (bicyclic) bond motifs is 3. The lowest BCUT2D eigenvalue weighted by Crippen LogP contribution is -2.24. The van der Waals surface area contributed by atoms with Crippen molar-refractivity contribution in [1.82, 2.24) is 0 Å². The zero-order valence-electron chi connectivity index (χ0n) is 39.9. The Labute approximate surface area is 417 Å². The van der Waals surface area contributed by atoms with Gasteiger partial charge >= 0.3 is 0 Å². The van der Waals surface area contributed by atoms with Gasteiger partial charge in [-0.2, -0.15) is 0 Å². The molecule has 0 spiro atoms. The lowest BCUT2D eigenvalue weighted by Gasteiger charge is -2.36. The summed E-state index contributed by atoms with van der Waals surface area (Å²) in [5, 5.41) is 4.89. The fourth-order valence-corrected chi connectivity index (χ4v) is 10.4. The van der Waals surface area contributed by atoms with Crippen LogP contribution in [0.5, 0.6) is 0 Å². The van der Waals surface area contributed by atoms with Gasteiger partial charge < -0.3 is 19.6 Å². The van der Waals surface area contributed by atoms with Crippen molar-refractivity contribution in [3.63, 3.8) is 0 Å². The smallest absolute Gasteiger partial charge is 0.0468 e. The van der Waals surface area contributed by atoms with Gasteiger partial charge in [0.15, 0.2) is 0 Å². The van der Waals surface area contributed by atoms with Gasteiger partial charge in [0.25, 0.3) is 0 Å². The van der Waals surface area contributed by atoms with E-state index in [9.17, 15) is 0 Å².